The van der Waals surface area contributed by atoms with E-state index in [9.17, 15) is 4.79 Å². The zero-order valence-corrected chi connectivity index (χ0v) is 12.0. The van der Waals surface area contributed by atoms with Gasteiger partial charge in [0.15, 0.2) is 0 Å². The largest absolute Gasteiger partial charge is 0.466 e. The smallest absolute Gasteiger partial charge is 0.302 e. The Morgan fingerprint density at radius 1 is 0.889 bits per heavy atom. The van der Waals surface area contributed by atoms with Crippen LogP contribution in [0.2, 0.25) is 0 Å². The van der Waals surface area contributed by atoms with E-state index in [2.05, 4.69) is 31.2 Å². The Morgan fingerprint density at radius 2 is 1.50 bits per heavy atom. The van der Waals surface area contributed by atoms with Crippen LogP contribution < -0.4 is 0 Å². The zero-order valence-electron chi connectivity index (χ0n) is 12.0. The average molecular weight is 252 g/mol. The Bertz CT molecular complexity index is 241. The number of carbonyl (C=O) groups excluding carboxylic acids is 1. The highest BCUT2D eigenvalue weighted by molar-refractivity contribution is 5.65. The Hall–Kier alpha value is -1.05. The minimum atomic E-state index is -0.171. The lowest BCUT2D eigenvalue weighted by Gasteiger charge is -2.00. The number of ether oxygens (including phenoxy) is 1. The number of rotatable bonds is 11. The number of hydrogen-bond donors (Lipinski definition) is 0. The van der Waals surface area contributed by atoms with E-state index in [0.717, 1.165) is 32.1 Å². The van der Waals surface area contributed by atoms with E-state index in [1.165, 1.54) is 26.2 Å². The van der Waals surface area contributed by atoms with Gasteiger partial charge >= 0.3 is 5.97 Å². The Kier molecular flexibility index (Phi) is 13.2. The molecule has 0 aromatic heterocycles. The third kappa shape index (κ3) is 14.9. The predicted octanol–water partition coefficient (Wildman–Crippen LogP) is 4.80. The van der Waals surface area contributed by atoms with E-state index >= 15 is 0 Å². The third-order valence-corrected chi connectivity index (χ3v) is 2.64. The molecule has 18 heavy (non-hydrogen) atoms. The Morgan fingerprint density at radius 3 is 2.17 bits per heavy atom. The lowest BCUT2D eigenvalue weighted by Crippen LogP contribution is -1.99. The van der Waals surface area contributed by atoms with Crippen LogP contribution in [0.4, 0.5) is 0 Å². The molecule has 0 saturated heterocycles. The van der Waals surface area contributed by atoms with Crippen LogP contribution >= 0.6 is 0 Å². The molecule has 2 nitrogen and oxygen atoms in total. The van der Waals surface area contributed by atoms with Crippen molar-refractivity contribution in [2.24, 2.45) is 0 Å². The standard InChI is InChI=1S/C16H28O2/c1-3-4-5-6-7-8-9-10-11-12-13-14-15-18-16(2)17/h4-5,8-9H,3,6-7,10-15H2,1-2H3. The number of allylic oxidation sites excluding steroid dienone is 4. The van der Waals surface area contributed by atoms with Crippen LogP contribution in [-0.2, 0) is 9.53 Å². The third-order valence-electron chi connectivity index (χ3n) is 2.64. The maximum Gasteiger partial charge on any atom is 0.302 e. The van der Waals surface area contributed by atoms with E-state index in [-0.39, 0.29) is 5.97 Å². The molecular weight excluding hydrogens is 224 g/mol. The highest BCUT2D eigenvalue weighted by Gasteiger charge is 1.92. The van der Waals surface area contributed by atoms with Crippen LogP contribution in [0.5, 0.6) is 0 Å². The quantitative estimate of drug-likeness (QED) is 0.300. The molecule has 0 aromatic rings. The monoisotopic (exact) mass is 252 g/mol. The summed E-state index contributed by atoms with van der Waals surface area (Å²) in [5.74, 6) is -0.171. The topological polar surface area (TPSA) is 26.3 Å². The van der Waals surface area contributed by atoms with Gasteiger partial charge in [-0.05, 0) is 38.5 Å². The minimum Gasteiger partial charge on any atom is -0.466 e. The van der Waals surface area contributed by atoms with Crippen molar-refractivity contribution in [3.8, 4) is 0 Å². The SMILES string of the molecule is CCC=CCCC=CCCCCCCOC(C)=O. The van der Waals surface area contributed by atoms with Gasteiger partial charge in [-0.25, -0.2) is 0 Å². The van der Waals surface area contributed by atoms with Gasteiger partial charge in [-0.3, -0.25) is 4.79 Å². The van der Waals surface area contributed by atoms with Crippen LogP contribution in [0.3, 0.4) is 0 Å². The summed E-state index contributed by atoms with van der Waals surface area (Å²) >= 11 is 0. The summed E-state index contributed by atoms with van der Waals surface area (Å²) in [7, 11) is 0. The fourth-order valence-electron chi connectivity index (χ4n) is 1.65. The van der Waals surface area contributed by atoms with Crippen molar-refractivity contribution in [1.29, 1.82) is 0 Å². The lowest BCUT2D eigenvalue weighted by molar-refractivity contribution is -0.141. The van der Waals surface area contributed by atoms with E-state index < -0.39 is 0 Å². The molecule has 0 saturated carbocycles. The molecule has 0 N–H and O–H groups in total. The van der Waals surface area contributed by atoms with E-state index in [4.69, 9.17) is 4.74 Å². The van der Waals surface area contributed by atoms with Gasteiger partial charge in [-0.2, -0.15) is 0 Å². The number of unbranched alkanes of at least 4 members (excludes halogenated alkanes) is 5. The number of hydrogen-bond acceptors (Lipinski definition) is 2. The van der Waals surface area contributed by atoms with E-state index in [1.54, 1.807) is 0 Å². The van der Waals surface area contributed by atoms with Crippen LogP contribution in [0, 0.1) is 0 Å². The maximum absolute atomic E-state index is 10.5. The van der Waals surface area contributed by atoms with Crippen molar-refractivity contribution >= 4 is 5.97 Å². The van der Waals surface area contributed by atoms with Crippen molar-refractivity contribution < 1.29 is 9.53 Å². The minimum absolute atomic E-state index is 0.171. The summed E-state index contributed by atoms with van der Waals surface area (Å²) in [5.41, 5.74) is 0. The molecule has 0 unspecified atom stereocenters. The van der Waals surface area contributed by atoms with Crippen molar-refractivity contribution in [2.75, 3.05) is 6.61 Å². The average Bonchev–Trinajstić information content (AvgIpc) is 2.34. The molecule has 0 atom stereocenters. The molecular formula is C16H28O2. The van der Waals surface area contributed by atoms with Gasteiger partial charge in [0, 0.05) is 6.92 Å². The van der Waals surface area contributed by atoms with Crippen molar-refractivity contribution in [2.45, 2.75) is 65.2 Å². The van der Waals surface area contributed by atoms with Gasteiger partial charge in [0.1, 0.15) is 0 Å². The van der Waals surface area contributed by atoms with Crippen LogP contribution in [0.1, 0.15) is 65.2 Å². The number of esters is 1. The van der Waals surface area contributed by atoms with E-state index in [0.29, 0.717) is 6.61 Å². The summed E-state index contributed by atoms with van der Waals surface area (Å²) in [5, 5.41) is 0. The molecule has 0 rings (SSSR count). The molecule has 104 valence electrons. The van der Waals surface area contributed by atoms with Gasteiger partial charge in [-0.15, -0.1) is 0 Å². The summed E-state index contributed by atoms with van der Waals surface area (Å²) in [6.07, 6.45) is 18.3. The summed E-state index contributed by atoms with van der Waals surface area (Å²) in [4.78, 5) is 10.5. The zero-order chi connectivity index (χ0) is 13.5. The molecule has 0 amide bonds. The second-order valence-electron chi connectivity index (χ2n) is 4.47. The van der Waals surface area contributed by atoms with Gasteiger partial charge in [-0.1, -0.05) is 44.1 Å². The molecule has 0 spiro atoms. The molecule has 0 aliphatic rings. The number of carbonyl (C=O) groups is 1. The van der Waals surface area contributed by atoms with Crippen molar-refractivity contribution in [3.05, 3.63) is 24.3 Å². The molecule has 0 fully saturated rings. The second-order valence-corrected chi connectivity index (χ2v) is 4.47. The second kappa shape index (κ2) is 14.0. The normalized spacial score (nSPS) is 11.4. The van der Waals surface area contributed by atoms with Crippen LogP contribution in [0.15, 0.2) is 24.3 Å². The van der Waals surface area contributed by atoms with Crippen molar-refractivity contribution in [3.63, 3.8) is 0 Å². The van der Waals surface area contributed by atoms with Crippen LogP contribution in [-0.4, -0.2) is 12.6 Å². The molecule has 0 bridgehead atoms. The highest BCUT2D eigenvalue weighted by Crippen LogP contribution is 2.05. The molecule has 0 heterocycles. The molecule has 0 aliphatic heterocycles. The predicted molar refractivity (Wildman–Crippen MR) is 77.5 cm³/mol. The first kappa shape index (κ1) is 16.9. The van der Waals surface area contributed by atoms with Crippen molar-refractivity contribution in [1.82, 2.24) is 0 Å². The first-order valence-corrected chi connectivity index (χ1v) is 7.20. The summed E-state index contributed by atoms with van der Waals surface area (Å²) in [6, 6.07) is 0. The Balaban J connectivity index is 3.12. The fourth-order valence-corrected chi connectivity index (χ4v) is 1.65. The van der Waals surface area contributed by atoms with Gasteiger partial charge in [0.05, 0.1) is 6.61 Å². The maximum atomic E-state index is 10.5. The van der Waals surface area contributed by atoms with Crippen LogP contribution in [0.25, 0.3) is 0 Å². The molecule has 0 aliphatic carbocycles. The highest BCUT2D eigenvalue weighted by atomic mass is 16.5. The van der Waals surface area contributed by atoms with Gasteiger partial charge < -0.3 is 4.74 Å². The first-order valence-electron chi connectivity index (χ1n) is 7.20. The lowest BCUT2D eigenvalue weighted by atomic mass is 10.1. The summed E-state index contributed by atoms with van der Waals surface area (Å²) in [6.45, 7) is 4.20. The fraction of sp³-hybridized carbons (Fsp3) is 0.688. The van der Waals surface area contributed by atoms with Gasteiger partial charge in [0.25, 0.3) is 0 Å². The Labute approximate surface area is 112 Å². The molecule has 0 aromatic carbocycles. The first-order chi connectivity index (χ1) is 8.77. The summed E-state index contributed by atoms with van der Waals surface area (Å²) < 4.78 is 4.87. The molecule has 2 heteroatoms. The van der Waals surface area contributed by atoms with E-state index in [1.807, 2.05) is 0 Å². The molecule has 0 radical (unpaired) electrons. The van der Waals surface area contributed by atoms with Gasteiger partial charge in [0.2, 0.25) is 0 Å².